The number of rotatable bonds is 9. The van der Waals surface area contributed by atoms with Crippen molar-refractivity contribution in [3.05, 3.63) is 59.1 Å². The fourth-order valence-electron chi connectivity index (χ4n) is 2.14. The molecule has 0 aliphatic heterocycles. The largest absolute Gasteiger partial charge is 0.494 e. The highest BCUT2D eigenvalue weighted by atomic mass is 35.5. The quantitative estimate of drug-likeness (QED) is 0.404. The highest BCUT2D eigenvalue weighted by molar-refractivity contribution is 6.30. The lowest BCUT2D eigenvalue weighted by Gasteiger charge is -2.07. The smallest absolute Gasteiger partial charge is 0.311 e. The minimum Gasteiger partial charge on any atom is -0.494 e. The molecule has 0 aliphatic carbocycles. The Morgan fingerprint density at radius 1 is 1.00 bits per heavy atom. The van der Waals surface area contributed by atoms with Gasteiger partial charge in [0.15, 0.2) is 0 Å². The van der Waals surface area contributed by atoms with Crippen molar-refractivity contribution < 1.29 is 19.1 Å². The van der Waals surface area contributed by atoms with Gasteiger partial charge in [0, 0.05) is 23.6 Å². The molecule has 0 bridgehead atoms. The number of ether oxygens (including phenoxy) is 2. The summed E-state index contributed by atoms with van der Waals surface area (Å²) in [5.74, 6) is 0.686. The first-order valence-corrected chi connectivity index (χ1v) is 8.93. The third-order valence-electron chi connectivity index (χ3n) is 3.48. The molecule has 0 saturated heterocycles. The van der Waals surface area contributed by atoms with E-state index in [4.69, 9.17) is 21.1 Å². The van der Waals surface area contributed by atoms with Gasteiger partial charge in [0.25, 0.3) is 5.91 Å². The summed E-state index contributed by atoms with van der Waals surface area (Å²) in [6, 6.07) is 13.6. The lowest BCUT2D eigenvalue weighted by Crippen LogP contribution is -2.25. The summed E-state index contributed by atoms with van der Waals surface area (Å²) < 4.78 is 10.7. The Kier molecular flexibility index (Phi) is 7.96. The van der Waals surface area contributed by atoms with Gasteiger partial charge in [-0.15, -0.1) is 0 Å². The van der Waals surface area contributed by atoms with E-state index in [1.54, 1.807) is 48.5 Å². The Morgan fingerprint density at radius 2 is 1.65 bits per heavy atom. The predicted molar refractivity (Wildman–Crippen MR) is 101 cm³/mol. The fraction of sp³-hybridized carbons (Fsp3) is 0.300. The molecule has 0 aliphatic rings. The molecule has 0 fully saturated rings. The Bertz CT molecular complexity index is 714. The lowest BCUT2D eigenvalue weighted by molar-refractivity contribution is -0.134. The van der Waals surface area contributed by atoms with E-state index in [2.05, 4.69) is 5.32 Å². The zero-order valence-corrected chi connectivity index (χ0v) is 15.4. The van der Waals surface area contributed by atoms with Gasteiger partial charge in [0.2, 0.25) is 0 Å². The van der Waals surface area contributed by atoms with E-state index in [1.165, 1.54) is 0 Å². The van der Waals surface area contributed by atoms with Crippen molar-refractivity contribution in [3.8, 4) is 11.5 Å². The zero-order valence-electron chi connectivity index (χ0n) is 14.7. The molecule has 0 unspecified atom stereocenters. The molecule has 6 heteroatoms. The number of amides is 1. The number of carbonyl (C=O) groups is 2. The van der Waals surface area contributed by atoms with Crippen LogP contribution in [0.15, 0.2) is 48.5 Å². The van der Waals surface area contributed by atoms with Crippen LogP contribution in [0.25, 0.3) is 0 Å². The van der Waals surface area contributed by atoms with E-state index in [1.807, 2.05) is 6.92 Å². The topological polar surface area (TPSA) is 64.6 Å². The molecule has 0 saturated carbocycles. The van der Waals surface area contributed by atoms with Crippen molar-refractivity contribution >= 4 is 23.5 Å². The van der Waals surface area contributed by atoms with Gasteiger partial charge >= 0.3 is 5.97 Å². The number of esters is 1. The van der Waals surface area contributed by atoms with Crippen LogP contribution in [-0.2, 0) is 4.79 Å². The van der Waals surface area contributed by atoms with Gasteiger partial charge in [-0.3, -0.25) is 9.59 Å². The normalized spacial score (nSPS) is 10.2. The molecule has 0 heterocycles. The SMILES string of the molecule is CCCOc1ccc(OC(=O)CCCNC(=O)c2ccc(Cl)cc2)cc1. The summed E-state index contributed by atoms with van der Waals surface area (Å²) in [4.78, 5) is 23.8. The van der Waals surface area contributed by atoms with Crippen LogP contribution in [-0.4, -0.2) is 25.0 Å². The van der Waals surface area contributed by atoms with Crippen molar-refractivity contribution in [2.45, 2.75) is 26.2 Å². The first kappa shape index (κ1) is 19.8. The minimum atomic E-state index is -0.340. The van der Waals surface area contributed by atoms with Gasteiger partial charge in [-0.2, -0.15) is 0 Å². The Hall–Kier alpha value is -2.53. The van der Waals surface area contributed by atoms with E-state index in [-0.39, 0.29) is 18.3 Å². The Morgan fingerprint density at radius 3 is 2.31 bits per heavy atom. The molecule has 0 aromatic heterocycles. The Labute approximate surface area is 158 Å². The van der Waals surface area contributed by atoms with Crippen LogP contribution in [0.2, 0.25) is 5.02 Å². The van der Waals surface area contributed by atoms with Gasteiger partial charge < -0.3 is 14.8 Å². The third-order valence-corrected chi connectivity index (χ3v) is 3.73. The number of hydrogen-bond donors (Lipinski definition) is 1. The van der Waals surface area contributed by atoms with Crippen LogP contribution in [0, 0.1) is 0 Å². The number of nitrogens with one attached hydrogen (secondary N) is 1. The van der Waals surface area contributed by atoms with Gasteiger partial charge in [-0.05, 0) is 61.4 Å². The average Bonchev–Trinajstić information content (AvgIpc) is 2.65. The highest BCUT2D eigenvalue weighted by Crippen LogP contribution is 2.18. The lowest BCUT2D eigenvalue weighted by atomic mass is 10.2. The number of hydrogen-bond acceptors (Lipinski definition) is 4. The summed E-state index contributed by atoms with van der Waals surface area (Å²) in [7, 11) is 0. The molecule has 2 aromatic carbocycles. The molecule has 1 amide bonds. The summed E-state index contributed by atoms with van der Waals surface area (Å²) >= 11 is 5.79. The highest BCUT2D eigenvalue weighted by Gasteiger charge is 2.07. The second-order valence-electron chi connectivity index (χ2n) is 5.66. The molecule has 5 nitrogen and oxygen atoms in total. The molecule has 138 valence electrons. The van der Waals surface area contributed by atoms with Crippen molar-refractivity contribution in [1.82, 2.24) is 5.32 Å². The first-order chi connectivity index (χ1) is 12.6. The van der Waals surface area contributed by atoms with E-state index in [0.717, 1.165) is 12.2 Å². The van der Waals surface area contributed by atoms with Gasteiger partial charge in [0.1, 0.15) is 11.5 Å². The summed E-state index contributed by atoms with van der Waals surface area (Å²) in [5, 5.41) is 3.34. The van der Waals surface area contributed by atoms with Crippen LogP contribution >= 0.6 is 11.6 Å². The van der Waals surface area contributed by atoms with Crippen molar-refractivity contribution in [2.24, 2.45) is 0 Å². The van der Waals surface area contributed by atoms with E-state index < -0.39 is 0 Å². The summed E-state index contributed by atoms with van der Waals surface area (Å²) in [6.45, 7) is 3.08. The van der Waals surface area contributed by atoms with Crippen molar-refractivity contribution in [2.75, 3.05) is 13.2 Å². The van der Waals surface area contributed by atoms with Gasteiger partial charge in [-0.1, -0.05) is 18.5 Å². The summed E-state index contributed by atoms with van der Waals surface area (Å²) in [5.41, 5.74) is 0.530. The molecule has 26 heavy (non-hydrogen) atoms. The van der Waals surface area contributed by atoms with Crippen LogP contribution in [0.4, 0.5) is 0 Å². The number of benzene rings is 2. The summed E-state index contributed by atoms with van der Waals surface area (Å²) in [6.07, 6.45) is 1.65. The standard InChI is InChI=1S/C20H22ClNO4/c1-2-14-25-17-9-11-18(12-10-17)26-19(23)4-3-13-22-20(24)15-5-7-16(21)8-6-15/h5-12H,2-4,13-14H2,1H3,(H,22,24). The minimum absolute atomic E-state index is 0.197. The second kappa shape index (κ2) is 10.5. The third kappa shape index (κ3) is 6.76. The maximum absolute atomic E-state index is 11.9. The number of halogens is 1. The van der Waals surface area contributed by atoms with Crippen molar-refractivity contribution in [3.63, 3.8) is 0 Å². The van der Waals surface area contributed by atoms with Crippen LogP contribution < -0.4 is 14.8 Å². The maximum Gasteiger partial charge on any atom is 0.311 e. The van der Waals surface area contributed by atoms with Gasteiger partial charge in [0.05, 0.1) is 6.61 Å². The van der Waals surface area contributed by atoms with E-state index >= 15 is 0 Å². The molecule has 2 rings (SSSR count). The zero-order chi connectivity index (χ0) is 18.8. The molecular weight excluding hydrogens is 354 g/mol. The fourth-order valence-corrected chi connectivity index (χ4v) is 2.27. The maximum atomic E-state index is 11.9. The molecule has 0 spiro atoms. The molecule has 0 atom stereocenters. The van der Waals surface area contributed by atoms with Crippen molar-refractivity contribution in [1.29, 1.82) is 0 Å². The molecule has 1 N–H and O–H groups in total. The Balaban J connectivity index is 1.67. The van der Waals surface area contributed by atoms with Crippen LogP contribution in [0.5, 0.6) is 11.5 Å². The second-order valence-corrected chi connectivity index (χ2v) is 6.10. The van der Waals surface area contributed by atoms with Crippen LogP contribution in [0.3, 0.4) is 0 Å². The average molecular weight is 376 g/mol. The van der Waals surface area contributed by atoms with Gasteiger partial charge in [-0.25, -0.2) is 0 Å². The van der Waals surface area contributed by atoms with E-state index in [9.17, 15) is 9.59 Å². The van der Waals surface area contributed by atoms with E-state index in [0.29, 0.717) is 35.9 Å². The molecule has 0 radical (unpaired) electrons. The van der Waals surface area contributed by atoms with Crippen LogP contribution in [0.1, 0.15) is 36.5 Å². The molecule has 2 aromatic rings. The monoisotopic (exact) mass is 375 g/mol. The molecular formula is C20H22ClNO4. The predicted octanol–water partition coefficient (Wildman–Crippen LogP) is 4.24. The number of carbonyl (C=O) groups excluding carboxylic acids is 2. The first-order valence-electron chi connectivity index (χ1n) is 8.56.